The number of hydrogen-bond acceptors (Lipinski definition) is 4. The van der Waals surface area contributed by atoms with E-state index in [0.717, 1.165) is 0 Å². The Morgan fingerprint density at radius 2 is 1.50 bits per heavy atom. The van der Waals surface area contributed by atoms with E-state index in [-0.39, 0.29) is 12.8 Å². The molecule has 20 heavy (non-hydrogen) atoms. The van der Waals surface area contributed by atoms with Crippen molar-refractivity contribution in [1.82, 2.24) is 0 Å². The molecule has 110 valence electrons. The minimum Gasteiger partial charge on any atom is -0.481 e. The van der Waals surface area contributed by atoms with Crippen molar-refractivity contribution in [2.75, 3.05) is 0 Å². The van der Waals surface area contributed by atoms with Crippen molar-refractivity contribution < 1.29 is 39.6 Å². The van der Waals surface area contributed by atoms with Crippen molar-refractivity contribution in [3.05, 3.63) is 0 Å². The van der Waals surface area contributed by atoms with Gasteiger partial charge in [-0.3, -0.25) is 19.2 Å². The van der Waals surface area contributed by atoms with E-state index < -0.39 is 59.4 Å². The van der Waals surface area contributed by atoms with Gasteiger partial charge in [0.25, 0.3) is 0 Å². The molecular weight excluding hydrogens is 272 g/mol. The van der Waals surface area contributed by atoms with Crippen LogP contribution >= 0.6 is 0 Å². The molecule has 8 nitrogen and oxygen atoms in total. The van der Waals surface area contributed by atoms with E-state index in [4.69, 9.17) is 10.2 Å². The van der Waals surface area contributed by atoms with Gasteiger partial charge in [0.2, 0.25) is 0 Å². The van der Waals surface area contributed by atoms with Gasteiger partial charge in [-0.15, -0.1) is 0 Å². The summed E-state index contributed by atoms with van der Waals surface area (Å²) >= 11 is 0. The highest BCUT2D eigenvalue weighted by Gasteiger charge is 2.70. The van der Waals surface area contributed by atoms with Gasteiger partial charge in [-0.05, 0) is 24.7 Å². The lowest BCUT2D eigenvalue weighted by atomic mass is 9.62. The van der Waals surface area contributed by atoms with Crippen molar-refractivity contribution in [2.24, 2.45) is 29.1 Å². The van der Waals surface area contributed by atoms with Crippen LogP contribution in [0.1, 0.15) is 19.3 Å². The molecule has 2 rings (SSSR count). The van der Waals surface area contributed by atoms with Crippen molar-refractivity contribution in [3.63, 3.8) is 0 Å². The van der Waals surface area contributed by atoms with Crippen LogP contribution in [0, 0.1) is 29.1 Å². The smallest absolute Gasteiger partial charge is 0.321 e. The Hall–Kier alpha value is -2.12. The zero-order chi connectivity index (χ0) is 15.2. The third kappa shape index (κ3) is 1.67. The molecule has 4 unspecified atom stereocenters. The second-order valence-corrected chi connectivity index (χ2v) is 5.46. The molecule has 0 saturated heterocycles. The van der Waals surface area contributed by atoms with Gasteiger partial charge in [0, 0.05) is 5.92 Å². The van der Waals surface area contributed by atoms with E-state index in [1.807, 2.05) is 0 Å². The maximum absolute atomic E-state index is 11.5. The summed E-state index contributed by atoms with van der Waals surface area (Å²) in [4.78, 5) is 45.0. The minimum atomic E-state index is -2.19. The summed E-state index contributed by atoms with van der Waals surface area (Å²) in [5.41, 5.74) is -2.19. The monoisotopic (exact) mass is 286 g/mol. The number of rotatable bonds is 5. The summed E-state index contributed by atoms with van der Waals surface area (Å²) in [6.45, 7) is 0. The lowest BCUT2D eigenvalue weighted by Crippen LogP contribution is -2.52. The topological polar surface area (TPSA) is 149 Å². The SMILES string of the molecule is O=C(O)CC1C2CC(CC2C(=O)O)C1(C(=O)O)C(=O)O. The van der Waals surface area contributed by atoms with Gasteiger partial charge in [0.1, 0.15) is 0 Å². The third-order valence-electron chi connectivity index (χ3n) is 4.78. The molecule has 4 N–H and O–H groups in total. The van der Waals surface area contributed by atoms with Crippen molar-refractivity contribution in [2.45, 2.75) is 19.3 Å². The summed E-state index contributed by atoms with van der Waals surface area (Å²) in [7, 11) is 0. The Morgan fingerprint density at radius 1 is 0.950 bits per heavy atom. The average Bonchev–Trinajstić information content (AvgIpc) is 2.83. The summed E-state index contributed by atoms with van der Waals surface area (Å²) in [6, 6.07) is 0. The minimum absolute atomic E-state index is 0.0330. The number of carbonyl (C=O) groups is 4. The van der Waals surface area contributed by atoms with Crippen LogP contribution in [0.3, 0.4) is 0 Å². The fourth-order valence-electron chi connectivity index (χ4n) is 4.07. The molecule has 4 atom stereocenters. The second-order valence-electron chi connectivity index (χ2n) is 5.46. The lowest BCUT2D eigenvalue weighted by molar-refractivity contribution is -0.178. The Bertz CT molecular complexity index is 482. The summed E-state index contributed by atoms with van der Waals surface area (Å²) in [5, 5.41) is 36.7. The van der Waals surface area contributed by atoms with Crippen molar-refractivity contribution in [1.29, 1.82) is 0 Å². The lowest BCUT2D eigenvalue weighted by Gasteiger charge is -2.38. The Balaban J connectivity index is 2.48. The highest BCUT2D eigenvalue weighted by molar-refractivity contribution is 6.00. The van der Waals surface area contributed by atoms with E-state index in [0.29, 0.717) is 0 Å². The molecule has 2 saturated carbocycles. The van der Waals surface area contributed by atoms with Gasteiger partial charge < -0.3 is 20.4 Å². The van der Waals surface area contributed by atoms with Crippen LogP contribution in [0.15, 0.2) is 0 Å². The maximum Gasteiger partial charge on any atom is 0.321 e. The molecule has 0 aromatic rings. The Labute approximate surface area is 113 Å². The van der Waals surface area contributed by atoms with Gasteiger partial charge in [-0.25, -0.2) is 0 Å². The predicted octanol–water partition coefficient (Wildman–Crippen LogP) is -0.0265. The first-order chi connectivity index (χ1) is 9.22. The molecular formula is C12H14O8. The van der Waals surface area contributed by atoms with Gasteiger partial charge in [-0.2, -0.15) is 0 Å². The summed E-state index contributed by atoms with van der Waals surface area (Å²) < 4.78 is 0. The Kier molecular flexibility index (Phi) is 3.19. The number of aliphatic carboxylic acids is 4. The maximum atomic E-state index is 11.5. The molecule has 2 aliphatic rings. The van der Waals surface area contributed by atoms with Crippen LogP contribution in [-0.2, 0) is 19.2 Å². The van der Waals surface area contributed by atoms with Gasteiger partial charge >= 0.3 is 23.9 Å². The van der Waals surface area contributed by atoms with Gasteiger partial charge in [-0.1, -0.05) is 0 Å². The molecule has 0 aromatic carbocycles. The molecule has 0 heterocycles. The predicted molar refractivity (Wildman–Crippen MR) is 60.8 cm³/mol. The largest absolute Gasteiger partial charge is 0.481 e. The zero-order valence-corrected chi connectivity index (χ0v) is 10.4. The highest BCUT2D eigenvalue weighted by Crippen LogP contribution is 2.63. The molecule has 2 aliphatic carbocycles. The average molecular weight is 286 g/mol. The first-order valence-corrected chi connectivity index (χ1v) is 6.14. The van der Waals surface area contributed by atoms with Crippen LogP contribution in [0.4, 0.5) is 0 Å². The number of carboxylic acids is 4. The first kappa shape index (κ1) is 14.3. The molecule has 0 aromatic heterocycles. The third-order valence-corrected chi connectivity index (χ3v) is 4.78. The molecule has 0 amide bonds. The normalized spacial score (nSPS) is 33.8. The molecule has 0 radical (unpaired) electrons. The van der Waals surface area contributed by atoms with Crippen LogP contribution in [0.5, 0.6) is 0 Å². The number of fused-ring (bicyclic) bond motifs is 2. The van der Waals surface area contributed by atoms with Crippen LogP contribution in [0.25, 0.3) is 0 Å². The molecule has 2 bridgehead atoms. The van der Waals surface area contributed by atoms with E-state index in [9.17, 15) is 29.4 Å². The van der Waals surface area contributed by atoms with Crippen LogP contribution < -0.4 is 0 Å². The highest BCUT2D eigenvalue weighted by atomic mass is 16.4. The van der Waals surface area contributed by atoms with E-state index in [1.54, 1.807) is 0 Å². The van der Waals surface area contributed by atoms with E-state index in [2.05, 4.69) is 0 Å². The van der Waals surface area contributed by atoms with Gasteiger partial charge in [0.05, 0.1) is 12.3 Å². The van der Waals surface area contributed by atoms with Gasteiger partial charge in [0.15, 0.2) is 5.41 Å². The second kappa shape index (κ2) is 4.46. The number of hydrogen-bond donors (Lipinski definition) is 4. The van der Waals surface area contributed by atoms with Crippen LogP contribution in [0.2, 0.25) is 0 Å². The first-order valence-electron chi connectivity index (χ1n) is 6.14. The molecule has 2 fully saturated rings. The molecule has 0 spiro atoms. The van der Waals surface area contributed by atoms with Crippen molar-refractivity contribution in [3.8, 4) is 0 Å². The quantitative estimate of drug-likeness (QED) is 0.515. The van der Waals surface area contributed by atoms with E-state index in [1.165, 1.54) is 0 Å². The standard InChI is InChI=1S/C12H14O8/c13-8(14)3-7-5-1-4(2-6(5)9(15)16)12(7,10(17)18)11(19)20/h4-7H,1-3H2,(H,13,14)(H,15,16)(H,17,18)(H,19,20). The summed E-state index contributed by atoms with van der Waals surface area (Å²) in [5.74, 6) is -9.23. The fraction of sp³-hybridized carbons (Fsp3) is 0.667. The molecule has 0 aliphatic heterocycles. The molecule has 8 heteroatoms. The summed E-state index contributed by atoms with van der Waals surface area (Å²) in [6.07, 6.45) is -0.550. The number of carboxylic acid groups (broad SMARTS) is 4. The van der Waals surface area contributed by atoms with E-state index >= 15 is 0 Å². The fourth-order valence-corrected chi connectivity index (χ4v) is 4.07. The zero-order valence-electron chi connectivity index (χ0n) is 10.4. The Morgan fingerprint density at radius 3 is 1.90 bits per heavy atom. The van der Waals surface area contributed by atoms with Crippen LogP contribution in [-0.4, -0.2) is 44.3 Å². The van der Waals surface area contributed by atoms with Crippen molar-refractivity contribution >= 4 is 23.9 Å².